The molecule has 0 radical (unpaired) electrons. The molecule has 92 valence electrons. The summed E-state index contributed by atoms with van der Waals surface area (Å²) < 4.78 is 0. The van der Waals surface area contributed by atoms with E-state index in [2.05, 4.69) is 0 Å². The molecule has 7 heteroatoms. The van der Waals surface area contributed by atoms with Crippen molar-refractivity contribution in [3.05, 3.63) is 0 Å². The third-order valence-corrected chi connectivity index (χ3v) is 2.65. The number of carboxylic acid groups (broad SMARTS) is 1. The fourth-order valence-corrected chi connectivity index (χ4v) is 1.69. The summed E-state index contributed by atoms with van der Waals surface area (Å²) >= 11 is 0. The Labute approximate surface area is 92.5 Å². The number of carbonyl (C=O) groups is 2. The minimum absolute atomic E-state index is 0.00635. The van der Waals surface area contributed by atoms with Crippen LogP contribution in [0.3, 0.4) is 0 Å². The summed E-state index contributed by atoms with van der Waals surface area (Å²) in [6, 6.07) is -2.22. The van der Waals surface area contributed by atoms with Crippen molar-refractivity contribution in [2.75, 3.05) is 6.54 Å². The minimum Gasteiger partial charge on any atom is -0.480 e. The Morgan fingerprint density at radius 1 is 1.50 bits per heavy atom. The number of carbonyl (C=O) groups excluding carboxylic acids is 1. The number of aliphatic hydroxyl groups is 2. The fourth-order valence-electron chi connectivity index (χ4n) is 1.69. The van der Waals surface area contributed by atoms with Crippen LogP contribution in [0.1, 0.15) is 13.3 Å². The van der Waals surface area contributed by atoms with Crippen LogP contribution in [0.15, 0.2) is 0 Å². The summed E-state index contributed by atoms with van der Waals surface area (Å²) in [7, 11) is 0. The van der Waals surface area contributed by atoms with Crippen molar-refractivity contribution in [1.29, 1.82) is 0 Å². The van der Waals surface area contributed by atoms with Crippen molar-refractivity contribution in [2.45, 2.75) is 37.6 Å². The van der Waals surface area contributed by atoms with Crippen LogP contribution in [0.2, 0.25) is 0 Å². The highest BCUT2D eigenvalue weighted by atomic mass is 16.4. The average molecular weight is 232 g/mol. The third-order valence-electron chi connectivity index (χ3n) is 2.65. The van der Waals surface area contributed by atoms with E-state index in [0.717, 1.165) is 4.90 Å². The molecule has 1 fully saturated rings. The Morgan fingerprint density at radius 3 is 2.50 bits per heavy atom. The maximum absolute atomic E-state index is 11.7. The van der Waals surface area contributed by atoms with E-state index >= 15 is 0 Å². The van der Waals surface area contributed by atoms with Gasteiger partial charge in [-0.3, -0.25) is 4.79 Å². The van der Waals surface area contributed by atoms with Crippen LogP contribution in [0.5, 0.6) is 0 Å². The van der Waals surface area contributed by atoms with Gasteiger partial charge in [0.15, 0.2) is 0 Å². The molecule has 0 bridgehead atoms. The van der Waals surface area contributed by atoms with Gasteiger partial charge < -0.3 is 26.0 Å². The number of hydrogen-bond donors (Lipinski definition) is 4. The molecule has 0 saturated carbocycles. The monoisotopic (exact) mass is 232 g/mol. The van der Waals surface area contributed by atoms with E-state index in [0.29, 0.717) is 0 Å². The number of nitrogens with zero attached hydrogens (tertiary/aromatic N) is 1. The van der Waals surface area contributed by atoms with E-state index in [9.17, 15) is 14.7 Å². The second-order valence-electron chi connectivity index (χ2n) is 4.00. The Bertz CT molecular complexity index is 294. The number of aliphatic carboxylic acids is 1. The van der Waals surface area contributed by atoms with Gasteiger partial charge in [0.25, 0.3) is 0 Å². The lowest BCUT2D eigenvalue weighted by Crippen LogP contribution is -2.52. The molecule has 0 spiro atoms. The molecule has 7 nitrogen and oxygen atoms in total. The zero-order valence-electron chi connectivity index (χ0n) is 8.91. The summed E-state index contributed by atoms with van der Waals surface area (Å²) in [5, 5.41) is 27.4. The number of β-amino-alcohol motifs (C(OH)–C–C–N with tert-alkyl or cyclic N) is 1. The van der Waals surface area contributed by atoms with Crippen LogP contribution < -0.4 is 5.73 Å². The van der Waals surface area contributed by atoms with Crippen LogP contribution >= 0.6 is 0 Å². The summed E-state index contributed by atoms with van der Waals surface area (Å²) in [5.74, 6) is -1.83. The Hall–Kier alpha value is -1.18. The summed E-state index contributed by atoms with van der Waals surface area (Å²) in [5.41, 5.74) is 5.43. The third kappa shape index (κ3) is 2.49. The molecule has 1 heterocycles. The predicted octanol–water partition coefficient (Wildman–Crippen LogP) is -2.26. The molecule has 1 amide bonds. The topological polar surface area (TPSA) is 124 Å². The highest BCUT2D eigenvalue weighted by molar-refractivity contribution is 5.88. The molecule has 0 aromatic heterocycles. The smallest absolute Gasteiger partial charge is 0.326 e. The molecule has 1 saturated heterocycles. The van der Waals surface area contributed by atoms with Crippen molar-refractivity contribution in [3.63, 3.8) is 0 Å². The maximum Gasteiger partial charge on any atom is 0.326 e. The second kappa shape index (κ2) is 4.77. The van der Waals surface area contributed by atoms with Crippen molar-refractivity contribution in [1.82, 2.24) is 4.90 Å². The van der Waals surface area contributed by atoms with Crippen molar-refractivity contribution in [3.8, 4) is 0 Å². The number of nitrogens with two attached hydrogens (primary N) is 1. The predicted molar refractivity (Wildman–Crippen MR) is 53.4 cm³/mol. The molecule has 1 unspecified atom stereocenters. The van der Waals surface area contributed by atoms with E-state index in [4.69, 9.17) is 15.9 Å². The highest BCUT2D eigenvalue weighted by Crippen LogP contribution is 2.19. The molecule has 16 heavy (non-hydrogen) atoms. The first-order chi connectivity index (χ1) is 7.34. The summed E-state index contributed by atoms with van der Waals surface area (Å²) in [4.78, 5) is 23.6. The van der Waals surface area contributed by atoms with E-state index in [1.54, 1.807) is 0 Å². The van der Waals surface area contributed by atoms with Gasteiger partial charge in [0.05, 0.1) is 12.2 Å². The van der Waals surface area contributed by atoms with Gasteiger partial charge in [0.1, 0.15) is 12.1 Å². The lowest BCUT2D eigenvalue weighted by atomic mass is 10.1. The Kier molecular flexibility index (Phi) is 3.84. The molecule has 0 aromatic rings. The number of carboxylic acids is 1. The summed E-state index contributed by atoms with van der Waals surface area (Å²) in [6.07, 6.45) is -1.92. The van der Waals surface area contributed by atoms with Gasteiger partial charge in [0, 0.05) is 13.0 Å². The van der Waals surface area contributed by atoms with E-state index in [1.165, 1.54) is 6.92 Å². The number of likely N-dealkylation sites (tertiary alicyclic amines) is 1. The molecular formula is C9H16N2O5. The van der Waals surface area contributed by atoms with E-state index in [-0.39, 0.29) is 13.0 Å². The van der Waals surface area contributed by atoms with E-state index < -0.39 is 36.2 Å². The lowest BCUT2D eigenvalue weighted by Gasteiger charge is -2.25. The van der Waals surface area contributed by atoms with Crippen LogP contribution in [0, 0.1) is 0 Å². The van der Waals surface area contributed by atoms with Gasteiger partial charge in [-0.05, 0) is 6.92 Å². The van der Waals surface area contributed by atoms with Crippen molar-refractivity contribution < 1.29 is 24.9 Å². The zero-order chi connectivity index (χ0) is 12.5. The minimum atomic E-state index is -1.18. The SMILES string of the molecule is C[C@@H](O)[C@H](N)C(=O)N1CC(O)C[C@H]1C(=O)O. The molecule has 1 aliphatic heterocycles. The van der Waals surface area contributed by atoms with Gasteiger partial charge in [-0.25, -0.2) is 4.79 Å². The fraction of sp³-hybridized carbons (Fsp3) is 0.778. The molecule has 1 aliphatic rings. The second-order valence-corrected chi connectivity index (χ2v) is 4.00. The van der Waals surface area contributed by atoms with Gasteiger partial charge >= 0.3 is 5.97 Å². The normalized spacial score (nSPS) is 28.9. The highest BCUT2D eigenvalue weighted by Gasteiger charge is 2.41. The zero-order valence-corrected chi connectivity index (χ0v) is 8.91. The van der Waals surface area contributed by atoms with Gasteiger partial charge in [-0.15, -0.1) is 0 Å². The Morgan fingerprint density at radius 2 is 2.06 bits per heavy atom. The lowest BCUT2D eigenvalue weighted by molar-refractivity contribution is -0.149. The molecular weight excluding hydrogens is 216 g/mol. The molecule has 4 atom stereocenters. The first kappa shape index (κ1) is 12.9. The van der Waals surface area contributed by atoms with Crippen molar-refractivity contribution >= 4 is 11.9 Å². The number of rotatable bonds is 3. The molecule has 0 aromatic carbocycles. The van der Waals surface area contributed by atoms with Gasteiger partial charge in [0.2, 0.25) is 5.91 Å². The molecule has 5 N–H and O–H groups in total. The van der Waals surface area contributed by atoms with E-state index in [1.807, 2.05) is 0 Å². The quantitative estimate of drug-likeness (QED) is 0.435. The first-order valence-electron chi connectivity index (χ1n) is 4.99. The van der Waals surface area contributed by atoms with Crippen LogP contribution in [-0.2, 0) is 9.59 Å². The Balaban J connectivity index is 2.78. The largest absolute Gasteiger partial charge is 0.480 e. The van der Waals surface area contributed by atoms with Gasteiger partial charge in [-0.2, -0.15) is 0 Å². The average Bonchev–Trinajstić information content (AvgIpc) is 2.58. The van der Waals surface area contributed by atoms with Crippen molar-refractivity contribution in [2.24, 2.45) is 5.73 Å². The molecule has 0 aliphatic carbocycles. The number of hydrogen-bond acceptors (Lipinski definition) is 5. The van der Waals surface area contributed by atoms with Gasteiger partial charge in [-0.1, -0.05) is 0 Å². The van der Waals surface area contributed by atoms with Crippen LogP contribution in [0.25, 0.3) is 0 Å². The standard InChI is InChI=1S/C9H16N2O5/c1-4(12)7(10)8(14)11-3-5(13)2-6(11)9(15)16/h4-7,12-13H,2-3,10H2,1H3,(H,15,16)/t4-,5?,6+,7+/m1/s1. The number of amides is 1. The van der Waals surface area contributed by atoms with Crippen LogP contribution in [0.4, 0.5) is 0 Å². The maximum atomic E-state index is 11.7. The van der Waals surface area contributed by atoms with Crippen LogP contribution in [-0.4, -0.2) is 62.9 Å². The molecule has 1 rings (SSSR count). The number of aliphatic hydroxyl groups excluding tert-OH is 2. The first-order valence-corrected chi connectivity index (χ1v) is 4.99. The summed E-state index contributed by atoms with van der Waals surface area (Å²) in [6.45, 7) is 1.29.